The van der Waals surface area contributed by atoms with E-state index >= 15 is 0 Å². The summed E-state index contributed by atoms with van der Waals surface area (Å²) in [7, 11) is 0. The minimum atomic E-state index is 0.0699. The molecular formula is C22H33NO. The molecule has 132 valence electrons. The van der Waals surface area contributed by atoms with Crippen molar-refractivity contribution in [2.24, 2.45) is 5.90 Å². The van der Waals surface area contributed by atoms with Gasteiger partial charge in [-0.25, -0.2) is 0 Å². The number of hydrogen-bond acceptors (Lipinski definition) is 2. The molecule has 24 heavy (non-hydrogen) atoms. The first kappa shape index (κ1) is 20.2. The van der Waals surface area contributed by atoms with Crippen LogP contribution in [-0.2, 0) is 11.8 Å². The zero-order valence-electron chi connectivity index (χ0n) is 16.2. The van der Waals surface area contributed by atoms with Crippen molar-refractivity contribution in [3.8, 4) is 5.75 Å². The van der Waals surface area contributed by atoms with Crippen molar-refractivity contribution in [2.45, 2.75) is 66.2 Å². The standard InChI is InChI=1S/C20H27NO.C2H6/c1-6-16-13-18(20(3,4)5)14(2)17(19(16)22-21)12-15-10-8-7-9-11-15;1-2/h6,8,10-11,13H,1,7,9,12,21H2,2-5H3;1-2H3. The van der Waals surface area contributed by atoms with Gasteiger partial charge in [-0.1, -0.05) is 65.5 Å². The summed E-state index contributed by atoms with van der Waals surface area (Å²) in [6.07, 6.45) is 11.7. The SMILES string of the molecule is C=Cc1cc(C(C)(C)C)c(C)c(CC2=CCCC=C2)c1ON.CC. The third-order valence-corrected chi connectivity index (χ3v) is 4.29. The van der Waals surface area contributed by atoms with E-state index in [2.05, 4.69) is 58.6 Å². The topological polar surface area (TPSA) is 35.2 Å². The molecule has 1 aliphatic carbocycles. The molecular weight excluding hydrogens is 294 g/mol. The lowest BCUT2D eigenvalue weighted by Crippen LogP contribution is -2.17. The maximum atomic E-state index is 5.57. The van der Waals surface area contributed by atoms with E-state index in [9.17, 15) is 0 Å². The third kappa shape index (κ3) is 4.61. The Balaban J connectivity index is 0.00000139. The highest BCUT2D eigenvalue weighted by molar-refractivity contribution is 5.64. The maximum absolute atomic E-state index is 5.57. The largest absolute Gasteiger partial charge is 0.411 e. The van der Waals surface area contributed by atoms with E-state index in [1.807, 2.05) is 19.9 Å². The van der Waals surface area contributed by atoms with E-state index in [0.717, 1.165) is 30.6 Å². The number of allylic oxidation sites excluding steroid dienone is 4. The first-order valence-corrected chi connectivity index (χ1v) is 8.90. The molecule has 1 aliphatic rings. The minimum Gasteiger partial charge on any atom is -0.411 e. The van der Waals surface area contributed by atoms with Crippen molar-refractivity contribution >= 4 is 6.08 Å². The lowest BCUT2D eigenvalue weighted by atomic mass is 9.80. The molecule has 0 aromatic heterocycles. The molecule has 2 rings (SSSR count). The highest BCUT2D eigenvalue weighted by atomic mass is 16.6. The molecule has 0 atom stereocenters. The Morgan fingerprint density at radius 2 is 1.92 bits per heavy atom. The molecule has 2 nitrogen and oxygen atoms in total. The Kier molecular flexibility index (Phi) is 7.50. The van der Waals surface area contributed by atoms with E-state index in [1.165, 1.54) is 22.3 Å². The smallest absolute Gasteiger partial charge is 0.157 e. The van der Waals surface area contributed by atoms with Gasteiger partial charge in [0.2, 0.25) is 0 Å². The predicted octanol–water partition coefficient (Wildman–Crippen LogP) is 6.03. The molecule has 2 heteroatoms. The summed E-state index contributed by atoms with van der Waals surface area (Å²) >= 11 is 0. The van der Waals surface area contributed by atoms with Crippen LogP contribution in [0.3, 0.4) is 0 Å². The van der Waals surface area contributed by atoms with E-state index in [1.54, 1.807) is 0 Å². The van der Waals surface area contributed by atoms with Crippen LogP contribution in [0.15, 0.2) is 36.4 Å². The molecule has 0 saturated heterocycles. The highest BCUT2D eigenvalue weighted by Gasteiger charge is 2.23. The fraction of sp³-hybridized carbons (Fsp3) is 0.455. The van der Waals surface area contributed by atoms with Crippen molar-refractivity contribution < 1.29 is 4.84 Å². The van der Waals surface area contributed by atoms with Crippen molar-refractivity contribution in [1.82, 2.24) is 0 Å². The fourth-order valence-corrected chi connectivity index (χ4v) is 3.12. The molecule has 0 fully saturated rings. The average Bonchev–Trinajstić information content (AvgIpc) is 2.58. The zero-order valence-corrected chi connectivity index (χ0v) is 16.2. The highest BCUT2D eigenvalue weighted by Crippen LogP contribution is 2.37. The fourth-order valence-electron chi connectivity index (χ4n) is 3.12. The van der Waals surface area contributed by atoms with Gasteiger partial charge in [0.15, 0.2) is 5.75 Å². The molecule has 1 aromatic carbocycles. The van der Waals surface area contributed by atoms with Crippen LogP contribution in [0.1, 0.15) is 69.7 Å². The van der Waals surface area contributed by atoms with Crippen LogP contribution in [-0.4, -0.2) is 0 Å². The van der Waals surface area contributed by atoms with Gasteiger partial charge in [-0.15, -0.1) is 0 Å². The number of nitrogens with two attached hydrogens (primary N) is 1. The predicted molar refractivity (Wildman–Crippen MR) is 106 cm³/mol. The Morgan fingerprint density at radius 1 is 1.25 bits per heavy atom. The first-order valence-electron chi connectivity index (χ1n) is 8.90. The Morgan fingerprint density at radius 3 is 2.38 bits per heavy atom. The average molecular weight is 328 g/mol. The minimum absolute atomic E-state index is 0.0699. The van der Waals surface area contributed by atoms with Gasteiger partial charge in [-0.2, -0.15) is 5.90 Å². The van der Waals surface area contributed by atoms with Crippen LogP contribution < -0.4 is 10.7 Å². The summed E-state index contributed by atoms with van der Waals surface area (Å²) in [5.74, 6) is 6.33. The van der Waals surface area contributed by atoms with Crippen molar-refractivity contribution in [3.63, 3.8) is 0 Å². The maximum Gasteiger partial charge on any atom is 0.157 e. The van der Waals surface area contributed by atoms with Crippen LogP contribution in [0, 0.1) is 6.92 Å². The molecule has 0 aliphatic heterocycles. The third-order valence-electron chi connectivity index (χ3n) is 4.29. The number of hydrogen-bond donors (Lipinski definition) is 1. The zero-order chi connectivity index (χ0) is 18.3. The van der Waals surface area contributed by atoms with E-state index in [-0.39, 0.29) is 5.41 Å². The van der Waals surface area contributed by atoms with Gasteiger partial charge in [0.1, 0.15) is 0 Å². The normalized spacial score (nSPS) is 13.7. The second-order valence-corrected chi connectivity index (χ2v) is 6.95. The second kappa shape index (κ2) is 8.89. The van der Waals surface area contributed by atoms with E-state index in [4.69, 9.17) is 10.7 Å². The first-order chi connectivity index (χ1) is 11.4. The molecule has 0 spiro atoms. The van der Waals surface area contributed by atoms with Gasteiger partial charge in [0, 0.05) is 17.5 Å². The summed E-state index contributed by atoms with van der Waals surface area (Å²) in [4.78, 5) is 5.23. The lowest BCUT2D eigenvalue weighted by molar-refractivity contribution is 0.330. The Labute approximate surface area is 148 Å². The second-order valence-electron chi connectivity index (χ2n) is 6.95. The Hall–Kier alpha value is -1.80. The number of rotatable bonds is 4. The van der Waals surface area contributed by atoms with Gasteiger partial charge >= 0.3 is 0 Å². The van der Waals surface area contributed by atoms with Crippen LogP contribution in [0.5, 0.6) is 5.75 Å². The summed E-state index contributed by atoms with van der Waals surface area (Å²) in [5.41, 5.74) is 6.11. The summed E-state index contributed by atoms with van der Waals surface area (Å²) in [5, 5.41) is 0. The summed E-state index contributed by atoms with van der Waals surface area (Å²) in [6, 6.07) is 2.15. The molecule has 0 bridgehead atoms. The van der Waals surface area contributed by atoms with E-state index in [0.29, 0.717) is 0 Å². The monoisotopic (exact) mass is 327 g/mol. The van der Waals surface area contributed by atoms with Crippen molar-refractivity contribution in [2.75, 3.05) is 0 Å². The van der Waals surface area contributed by atoms with Crippen LogP contribution in [0.25, 0.3) is 6.08 Å². The van der Waals surface area contributed by atoms with Gasteiger partial charge < -0.3 is 4.84 Å². The van der Waals surface area contributed by atoms with E-state index < -0.39 is 0 Å². The van der Waals surface area contributed by atoms with Gasteiger partial charge in [0.05, 0.1) is 0 Å². The molecule has 0 saturated carbocycles. The molecule has 2 N–H and O–H groups in total. The van der Waals surface area contributed by atoms with Crippen LogP contribution in [0.4, 0.5) is 0 Å². The summed E-state index contributed by atoms with van der Waals surface area (Å²) in [6.45, 7) is 16.8. The molecule has 0 unspecified atom stereocenters. The number of benzene rings is 1. The van der Waals surface area contributed by atoms with Gasteiger partial charge in [0.25, 0.3) is 0 Å². The van der Waals surface area contributed by atoms with Gasteiger partial charge in [-0.3, -0.25) is 0 Å². The lowest BCUT2D eigenvalue weighted by Gasteiger charge is -2.26. The van der Waals surface area contributed by atoms with Crippen LogP contribution in [0.2, 0.25) is 0 Å². The molecule has 1 aromatic rings. The summed E-state index contributed by atoms with van der Waals surface area (Å²) < 4.78 is 0. The van der Waals surface area contributed by atoms with Crippen molar-refractivity contribution in [3.05, 3.63) is 58.7 Å². The molecule has 0 radical (unpaired) electrons. The van der Waals surface area contributed by atoms with Crippen molar-refractivity contribution in [1.29, 1.82) is 0 Å². The Bertz CT molecular complexity index is 630. The quantitative estimate of drug-likeness (QED) is 0.685. The van der Waals surface area contributed by atoms with Crippen LogP contribution >= 0.6 is 0 Å². The van der Waals surface area contributed by atoms with Gasteiger partial charge in [-0.05, 0) is 47.9 Å². The molecule has 0 heterocycles. The molecule has 0 amide bonds.